The summed E-state index contributed by atoms with van der Waals surface area (Å²) in [5, 5.41) is 29.8. The van der Waals surface area contributed by atoms with E-state index in [4.69, 9.17) is 14.7 Å². The number of benzene rings is 2. The van der Waals surface area contributed by atoms with Crippen LogP contribution in [-0.4, -0.2) is 46.7 Å². The molecule has 0 spiro atoms. The molecule has 0 bridgehead atoms. The van der Waals surface area contributed by atoms with Crippen LogP contribution in [0.3, 0.4) is 0 Å². The summed E-state index contributed by atoms with van der Waals surface area (Å²) in [5.41, 5.74) is 0.225. The third-order valence-corrected chi connectivity index (χ3v) is 5.48. The van der Waals surface area contributed by atoms with Crippen molar-refractivity contribution in [1.82, 2.24) is 9.97 Å². The molecule has 35 heavy (non-hydrogen) atoms. The van der Waals surface area contributed by atoms with Gasteiger partial charge in [-0.2, -0.15) is 15.2 Å². The molecule has 0 amide bonds. The Kier molecular flexibility index (Phi) is 7.26. The number of nitriles is 1. The van der Waals surface area contributed by atoms with Gasteiger partial charge >= 0.3 is 23.4 Å². The van der Waals surface area contributed by atoms with Gasteiger partial charge in [0.2, 0.25) is 15.9 Å². The number of aromatic nitrogens is 2. The fourth-order valence-corrected chi connectivity index (χ4v) is 3.39. The smallest absolute Gasteiger partial charge is 0.392 e. The van der Waals surface area contributed by atoms with Gasteiger partial charge in [0.1, 0.15) is 5.75 Å². The van der Waals surface area contributed by atoms with Crippen LogP contribution in [0.5, 0.6) is 17.5 Å². The van der Waals surface area contributed by atoms with Gasteiger partial charge in [-0.3, -0.25) is 10.1 Å². The highest BCUT2D eigenvalue weighted by atomic mass is 32.2. The van der Waals surface area contributed by atoms with Crippen LogP contribution in [0, 0.1) is 28.4 Å². The van der Waals surface area contributed by atoms with Gasteiger partial charge in [0.25, 0.3) is 5.16 Å². The molecule has 0 aliphatic heterocycles. The molecule has 2 aromatic carbocycles. The molecule has 1 atom stereocenters. The van der Waals surface area contributed by atoms with Gasteiger partial charge in [0.05, 0.1) is 16.6 Å². The van der Waals surface area contributed by atoms with Crippen LogP contribution >= 0.6 is 0 Å². The Balaban J connectivity index is 2.15. The zero-order chi connectivity index (χ0) is 25.8. The highest BCUT2D eigenvalue weighted by Crippen LogP contribution is 2.38. The first-order valence-corrected chi connectivity index (χ1v) is 11.8. The van der Waals surface area contributed by atoms with E-state index in [-0.39, 0.29) is 17.7 Å². The van der Waals surface area contributed by atoms with Crippen molar-refractivity contribution in [3.8, 4) is 23.6 Å². The number of carbonyl (C=O) groups is 1. The van der Waals surface area contributed by atoms with E-state index in [0.29, 0.717) is 11.1 Å². The largest absolute Gasteiger partial charge is 0.478 e. The molecule has 0 fully saturated rings. The van der Waals surface area contributed by atoms with Crippen molar-refractivity contribution in [2.75, 3.05) is 6.26 Å². The normalized spacial score (nSPS) is 11.8. The lowest BCUT2D eigenvalue weighted by molar-refractivity contribution is -0.387. The summed E-state index contributed by atoms with van der Waals surface area (Å²) in [4.78, 5) is 30.1. The number of carboxylic acid groups (broad SMARTS) is 1. The fourth-order valence-electron chi connectivity index (χ4n) is 2.90. The van der Waals surface area contributed by atoms with Crippen LogP contribution < -0.4 is 9.47 Å². The average molecular weight is 498 g/mol. The Bertz CT molecular complexity index is 1440. The molecule has 1 aromatic heterocycles. The number of sulfone groups is 1. The maximum atomic E-state index is 12.2. The van der Waals surface area contributed by atoms with Crippen molar-refractivity contribution in [1.29, 1.82) is 5.26 Å². The fraction of sp³-hybridized carbons (Fsp3) is 0.182. The van der Waals surface area contributed by atoms with Crippen molar-refractivity contribution in [3.05, 3.63) is 75.3 Å². The minimum absolute atomic E-state index is 0.00433. The number of aryl methyl sites for hydroxylation is 1. The molecular formula is C22H18N4O8S. The molecule has 0 radical (unpaired) electrons. The van der Waals surface area contributed by atoms with Gasteiger partial charge in [-0.05, 0) is 30.2 Å². The van der Waals surface area contributed by atoms with E-state index in [1.54, 1.807) is 37.3 Å². The van der Waals surface area contributed by atoms with E-state index in [2.05, 4.69) is 9.97 Å². The Morgan fingerprint density at radius 3 is 2.43 bits per heavy atom. The predicted octanol–water partition coefficient (Wildman–Crippen LogP) is 2.84. The summed E-state index contributed by atoms with van der Waals surface area (Å²) in [6.07, 6.45) is -1.07. The second-order valence-electron chi connectivity index (χ2n) is 7.32. The van der Waals surface area contributed by atoms with E-state index < -0.39 is 49.4 Å². The second kappa shape index (κ2) is 10.1. The molecule has 0 aliphatic rings. The average Bonchev–Trinajstić information content (AvgIpc) is 2.79. The molecule has 0 saturated heterocycles. The van der Waals surface area contributed by atoms with E-state index in [0.717, 1.165) is 6.26 Å². The number of carboxylic acids is 1. The Morgan fingerprint density at radius 1 is 1.20 bits per heavy atom. The maximum Gasteiger partial charge on any atom is 0.392 e. The number of nitrogens with zero attached hydrogens (tertiary/aromatic N) is 4. The summed E-state index contributed by atoms with van der Waals surface area (Å²) in [5.74, 6) is -3.14. The topological polar surface area (TPSA) is 183 Å². The van der Waals surface area contributed by atoms with Crippen LogP contribution in [0.4, 0.5) is 5.69 Å². The highest BCUT2D eigenvalue weighted by molar-refractivity contribution is 7.90. The monoisotopic (exact) mass is 498 g/mol. The molecule has 180 valence electrons. The summed E-state index contributed by atoms with van der Waals surface area (Å²) in [7, 11) is -4.13. The molecule has 1 N–H and O–H groups in total. The lowest BCUT2D eigenvalue weighted by atomic mass is 10.1. The van der Waals surface area contributed by atoms with E-state index in [1.807, 2.05) is 6.07 Å². The van der Waals surface area contributed by atoms with Crippen LogP contribution in [-0.2, 0) is 21.1 Å². The van der Waals surface area contributed by atoms with Crippen LogP contribution in [0.1, 0.15) is 16.7 Å². The van der Waals surface area contributed by atoms with Crippen molar-refractivity contribution >= 4 is 21.5 Å². The van der Waals surface area contributed by atoms with Gasteiger partial charge in [-0.15, -0.1) is 0 Å². The highest BCUT2D eigenvalue weighted by Gasteiger charge is 2.34. The summed E-state index contributed by atoms with van der Waals surface area (Å²) in [6.45, 7) is 1.60. The van der Waals surface area contributed by atoms with Gasteiger partial charge in [0.15, 0.2) is 0 Å². The first-order chi connectivity index (χ1) is 16.5. The lowest BCUT2D eigenvalue weighted by Gasteiger charge is -2.16. The minimum Gasteiger partial charge on any atom is -0.478 e. The summed E-state index contributed by atoms with van der Waals surface area (Å²) < 4.78 is 35.3. The number of ether oxygens (including phenoxy) is 2. The van der Waals surface area contributed by atoms with E-state index in [1.165, 1.54) is 18.2 Å². The number of aliphatic carboxylic acids is 1. The van der Waals surface area contributed by atoms with E-state index >= 15 is 0 Å². The van der Waals surface area contributed by atoms with Crippen LogP contribution in [0.15, 0.2) is 53.7 Å². The molecule has 13 heteroatoms. The second-order valence-corrected chi connectivity index (χ2v) is 9.23. The van der Waals surface area contributed by atoms with Crippen molar-refractivity contribution in [2.45, 2.75) is 24.6 Å². The van der Waals surface area contributed by atoms with Gasteiger partial charge < -0.3 is 14.6 Å². The van der Waals surface area contributed by atoms with Gasteiger partial charge in [-0.1, -0.05) is 36.4 Å². The van der Waals surface area contributed by atoms with Gasteiger partial charge in [0, 0.05) is 12.7 Å². The Morgan fingerprint density at radius 2 is 1.86 bits per heavy atom. The quantitative estimate of drug-likeness (QED) is 0.260. The lowest BCUT2D eigenvalue weighted by Crippen LogP contribution is -2.30. The molecular weight excluding hydrogens is 480 g/mol. The molecule has 1 unspecified atom stereocenters. The third kappa shape index (κ3) is 6.06. The Hall–Kier alpha value is -4.57. The Labute approximate surface area is 199 Å². The first kappa shape index (κ1) is 25.1. The number of nitro groups is 1. The summed E-state index contributed by atoms with van der Waals surface area (Å²) >= 11 is 0. The minimum atomic E-state index is -4.13. The van der Waals surface area contributed by atoms with Crippen molar-refractivity contribution in [3.63, 3.8) is 0 Å². The van der Waals surface area contributed by atoms with Crippen molar-refractivity contribution < 1.29 is 32.7 Å². The van der Waals surface area contributed by atoms with Crippen LogP contribution in [0.2, 0.25) is 0 Å². The number of hydrogen-bond acceptors (Lipinski definition) is 10. The van der Waals surface area contributed by atoms with Crippen molar-refractivity contribution in [2.24, 2.45) is 0 Å². The number of hydrogen-bond donors (Lipinski definition) is 1. The molecule has 0 aliphatic carbocycles. The predicted molar refractivity (Wildman–Crippen MR) is 120 cm³/mol. The molecule has 0 saturated carbocycles. The molecule has 3 rings (SSSR count). The number of rotatable bonds is 9. The molecule has 3 aromatic rings. The van der Waals surface area contributed by atoms with Gasteiger partial charge in [-0.25, -0.2) is 13.2 Å². The van der Waals surface area contributed by atoms with E-state index in [9.17, 15) is 28.4 Å². The SMILES string of the molecule is Cc1ccc(C#N)cc1Oc1nc(S(C)(=O)=O)nc(OC(Cc2ccccc2)C(=O)O)c1[N+](=O)[O-]. The third-order valence-electron chi connectivity index (χ3n) is 4.63. The van der Waals surface area contributed by atoms with Crippen LogP contribution in [0.25, 0.3) is 0 Å². The zero-order valence-corrected chi connectivity index (χ0v) is 19.2. The standard InChI is InChI=1S/C22H18N4O8S/c1-13-8-9-15(12-23)11-16(13)33-19-18(26(29)30)20(25-22(24-19)35(2,31)32)34-17(21(27)28)10-14-6-4-3-5-7-14/h3-9,11,17H,10H2,1-2H3,(H,27,28). The molecule has 12 nitrogen and oxygen atoms in total. The summed E-state index contributed by atoms with van der Waals surface area (Å²) in [6, 6.07) is 14.5. The molecule has 1 heterocycles. The maximum absolute atomic E-state index is 12.2. The zero-order valence-electron chi connectivity index (χ0n) is 18.4. The first-order valence-electron chi connectivity index (χ1n) is 9.88.